The molecule has 75 heavy (non-hydrogen) atoms. The van der Waals surface area contributed by atoms with Crippen molar-refractivity contribution in [1.82, 2.24) is 0 Å². The highest BCUT2D eigenvalue weighted by atomic mass is 16.6. The Balaban J connectivity index is 4.16. The van der Waals surface area contributed by atoms with Crippen molar-refractivity contribution in [1.29, 1.82) is 0 Å². The minimum absolute atomic E-state index is 0.0803. The smallest absolute Gasteiger partial charge is 0.306 e. The van der Waals surface area contributed by atoms with E-state index in [0.717, 1.165) is 109 Å². The first-order valence-electron chi connectivity index (χ1n) is 33.1. The number of rotatable bonds is 61. The molecule has 0 saturated heterocycles. The van der Waals surface area contributed by atoms with Gasteiger partial charge < -0.3 is 14.2 Å². The van der Waals surface area contributed by atoms with Crippen LogP contribution in [-0.4, -0.2) is 37.2 Å². The second-order valence-corrected chi connectivity index (χ2v) is 22.4. The lowest BCUT2D eigenvalue weighted by Crippen LogP contribution is -2.30. The Morgan fingerprint density at radius 1 is 0.267 bits per heavy atom. The molecule has 0 amide bonds. The molecule has 0 aliphatic heterocycles. The van der Waals surface area contributed by atoms with Crippen molar-refractivity contribution in [2.45, 2.75) is 361 Å². The first-order valence-corrected chi connectivity index (χ1v) is 33.1. The Hall–Kier alpha value is -2.63. The SMILES string of the molecule is CCC/C=C\C/C=C\CCCCCCCC(=O)OCC(COC(=O)CCCCCCCCCCCCCCCCCCCCCCCCCCCCCCC)OC(=O)CCCCCCC/C=C\C/C=C\CCCCC. The minimum atomic E-state index is -0.785. The third-order valence-electron chi connectivity index (χ3n) is 14.8. The molecule has 0 aliphatic rings. The van der Waals surface area contributed by atoms with E-state index in [-0.39, 0.29) is 31.1 Å². The van der Waals surface area contributed by atoms with Gasteiger partial charge in [-0.2, -0.15) is 0 Å². The van der Waals surface area contributed by atoms with E-state index in [1.54, 1.807) is 0 Å². The Morgan fingerprint density at radius 3 is 0.813 bits per heavy atom. The number of carbonyl (C=O) groups is 3. The molecular weight excluding hydrogens is 925 g/mol. The zero-order chi connectivity index (χ0) is 54.3. The van der Waals surface area contributed by atoms with Crippen LogP contribution < -0.4 is 0 Å². The molecule has 0 N–H and O–H groups in total. The normalized spacial score (nSPS) is 12.3. The summed E-state index contributed by atoms with van der Waals surface area (Å²) in [6.45, 7) is 6.58. The molecule has 0 rings (SSSR count). The first-order chi connectivity index (χ1) is 37.0. The molecule has 0 saturated carbocycles. The monoisotopic (exact) mass is 1050 g/mol. The average molecular weight is 1050 g/mol. The second-order valence-electron chi connectivity index (χ2n) is 22.4. The van der Waals surface area contributed by atoms with Gasteiger partial charge in [0.1, 0.15) is 13.2 Å². The Kier molecular flexibility index (Phi) is 61.7. The fraction of sp³-hybridized carbons (Fsp3) is 0.841. The number of hydrogen-bond donors (Lipinski definition) is 0. The molecule has 6 heteroatoms. The molecule has 438 valence electrons. The van der Waals surface area contributed by atoms with Crippen LogP contribution in [0, 0.1) is 0 Å². The number of esters is 3. The number of carbonyl (C=O) groups excluding carboxylic acids is 3. The van der Waals surface area contributed by atoms with Gasteiger partial charge in [-0.25, -0.2) is 0 Å². The van der Waals surface area contributed by atoms with Gasteiger partial charge in [-0.1, -0.05) is 307 Å². The van der Waals surface area contributed by atoms with Crippen LogP contribution >= 0.6 is 0 Å². The summed E-state index contributed by atoms with van der Waals surface area (Å²) in [5, 5.41) is 0. The van der Waals surface area contributed by atoms with Gasteiger partial charge >= 0.3 is 17.9 Å². The first kappa shape index (κ1) is 72.4. The summed E-state index contributed by atoms with van der Waals surface area (Å²) in [6.07, 6.45) is 80.0. The number of ether oxygens (including phenoxy) is 3. The van der Waals surface area contributed by atoms with Gasteiger partial charge in [0.25, 0.3) is 0 Å². The fourth-order valence-electron chi connectivity index (χ4n) is 9.81. The summed E-state index contributed by atoms with van der Waals surface area (Å²) in [5.41, 5.74) is 0. The molecule has 0 aromatic carbocycles. The molecule has 0 bridgehead atoms. The highest BCUT2D eigenvalue weighted by Gasteiger charge is 2.19. The third kappa shape index (κ3) is 62.1. The van der Waals surface area contributed by atoms with Crippen LogP contribution in [0.4, 0.5) is 0 Å². The van der Waals surface area contributed by atoms with E-state index in [1.807, 2.05) is 0 Å². The van der Waals surface area contributed by atoms with Crippen LogP contribution in [0.3, 0.4) is 0 Å². The Morgan fingerprint density at radius 2 is 0.507 bits per heavy atom. The highest BCUT2D eigenvalue weighted by molar-refractivity contribution is 5.71. The van der Waals surface area contributed by atoms with Crippen LogP contribution in [0.2, 0.25) is 0 Å². The predicted octanol–water partition coefficient (Wildman–Crippen LogP) is 22.6. The molecule has 0 heterocycles. The summed E-state index contributed by atoms with van der Waals surface area (Å²) in [7, 11) is 0. The summed E-state index contributed by atoms with van der Waals surface area (Å²) in [4.78, 5) is 38.2. The van der Waals surface area contributed by atoms with E-state index in [4.69, 9.17) is 14.2 Å². The zero-order valence-corrected chi connectivity index (χ0v) is 50.3. The molecule has 0 aromatic heterocycles. The van der Waals surface area contributed by atoms with E-state index in [2.05, 4.69) is 69.4 Å². The zero-order valence-electron chi connectivity index (χ0n) is 50.3. The van der Waals surface area contributed by atoms with E-state index < -0.39 is 6.10 Å². The van der Waals surface area contributed by atoms with Crippen LogP contribution in [0.1, 0.15) is 355 Å². The van der Waals surface area contributed by atoms with Gasteiger partial charge in [0.05, 0.1) is 0 Å². The van der Waals surface area contributed by atoms with Crippen molar-refractivity contribution in [2.24, 2.45) is 0 Å². The van der Waals surface area contributed by atoms with Crippen LogP contribution in [0.15, 0.2) is 48.6 Å². The van der Waals surface area contributed by atoms with Crippen molar-refractivity contribution in [3.05, 3.63) is 48.6 Å². The van der Waals surface area contributed by atoms with Gasteiger partial charge in [0.15, 0.2) is 6.10 Å². The fourth-order valence-corrected chi connectivity index (χ4v) is 9.81. The number of allylic oxidation sites excluding steroid dienone is 8. The third-order valence-corrected chi connectivity index (χ3v) is 14.8. The minimum Gasteiger partial charge on any atom is -0.462 e. The largest absolute Gasteiger partial charge is 0.462 e. The predicted molar refractivity (Wildman–Crippen MR) is 325 cm³/mol. The van der Waals surface area contributed by atoms with Gasteiger partial charge in [0.2, 0.25) is 0 Å². The van der Waals surface area contributed by atoms with Crippen LogP contribution in [0.5, 0.6) is 0 Å². The maximum Gasteiger partial charge on any atom is 0.306 e. The van der Waals surface area contributed by atoms with Gasteiger partial charge in [-0.3, -0.25) is 14.4 Å². The summed E-state index contributed by atoms with van der Waals surface area (Å²) >= 11 is 0. The summed E-state index contributed by atoms with van der Waals surface area (Å²) in [5.74, 6) is -0.891. The van der Waals surface area contributed by atoms with E-state index in [9.17, 15) is 14.4 Å². The van der Waals surface area contributed by atoms with Crippen LogP contribution in [0.25, 0.3) is 0 Å². The summed E-state index contributed by atoms with van der Waals surface area (Å²) in [6, 6.07) is 0. The maximum absolute atomic E-state index is 12.9. The molecule has 0 aliphatic carbocycles. The Bertz CT molecular complexity index is 1300. The molecule has 1 unspecified atom stereocenters. The average Bonchev–Trinajstić information content (AvgIpc) is 3.41. The lowest BCUT2D eigenvalue weighted by Gasteiger charge is -2.18. The van der Waals surface area contributed by atoms with Crippen molar-refractivity contribution < 1.29 is 28.6 Å². The molecule has 0 aromatic rings. The van der Waals surface area contributed by atoms with Gasteiger partial charge in [-0.05, 0) is 77.0 Å². The Labute approximate surface area is 467 Å². The van der Waals surface area contributed by atoms with E-state index >= 15 is 0 Å². The van der Waals surface area contributed by atoms with Crippen molar-refractivity contribution in [3.8, 4) is 0 Å². The molecule has 1 atom stereocenters. The van der Waals surface area contributed by atoms with E-state index in [0.29, 0.717) is 19.3 Å². The molecule has 6 nitrogen and oxygen atoms in total. The van der Waals surface area contributed by atoms with Gasteiger partial charge in [-0.15, -0.1) is 0 Å². The van der Waals surface area contributed by atoms with Crippen molar-refractivity contribution >= 4 is 17.9 Å². The molecule has 0 spiro atoms. The molecule has 0 fully saturated rings. The van der Waals surface area contributed by atoms with Gasteiger partial charge in [0, 0.05) is 19.3 Å². The summed E-state index contributed by atoms with van der Waals surface area (Å²) < 4.78 is 16.9. The quantitative estimate of drug-likeness (QED) is 0.0261. The van der Waals surface area contributed by atoms with Crippen molar-refractivity contribution in [2.75, 3.05) is 13.2 Å². The highest BCUT2D eigenvalue weighted by Crippen LogP contribution is 2.18. The molecule has 0 radical (unpaired) electrons. The molecular formula is C69H126O6. The lowest BCUT2D eigenvalue weighted by atomic mass is 10.0. The standard InChI is InChI=1S/C69H126O6/c1-4-7-10-13-16-19-22-25-27-28-29-30-31-32-33-34-35-36-37-38-39-40-42-44-47-50-53-56-59-62-68(71)74-65-66(64-73-67(70)61-58-55-52-49-46-43-24-21-18-15-12-9-6-3)75-69(72)63-60-57-54-51-48-45-41-26-23-20-17-14-11-8-5-2/h12,15,17,20-21,24,26,41,66H,4-11,13-14,16,18-19,22-23,25,27-40,42-65H2,1-3H3/b15-12-,20-17-,24-21-,41-26-. The number of hydrogen-bond acceptors (Lipinski definition) is 6. The second kappa shape index (κ2) is 63.9. The van der Waals surface area contributed by atoms with Crippen molar-refractivity contribution in [3.63, 3.8) is 0 Å². The maximum atomic E-state index is 12.9. The lowest BCUT2D eigenvalue weighted by molar-refractivity contribution is -0.167. The number of unbranched alkanes of at least 4 members (excludes halogenated alkanes) is 42. The van der Waals surface area contributed by atoms with Crippen LogP contribution in [-0.2, 0) is 28.6 Å². The topological polar surface area (TPSA) is 78.9 Å². The van der Waals surface area contributed by atoms with E-state index in [1.165, 1.54) is 205 Å².